The van der Waals surface area contributed by atoms with E-state index in [4.69, 9.17) is 5.21 Å². The molecule has 2 N–H and O–H groups in total. The third-order valence-corrected chi connectivity index (χ3v) is 1.08. The van der Waals surface area contributed by atoms with Crippen molar-refractivity contribution in [2.24, 2.45) is 0 Å². The molecule has 0 fully saturated rings. The molecule has 0 aromatic rings. The second-order valence-electron chi connectivity index (χ2n) is 1.80. The van der Waals surface area contributed by atoms with Crippen molar-refractivity contribution in [2.75, 3.05) is 0 Å². The molecule has 0 heterocycles. The zero-order valence-corrected chi connectivity index (χ0v) is 7.35. The van der Waals surface area contributed by atoms with Gasteiger partial charge in [-0.15, -0.1) is 0 Å². The summed E-state index contributed by atoms with van der Waals surface area (Å²) in [6.45, 7) is 5.46. The number of nitrogens with one attached hydrogen (secondary N) is 1. The van der Waals surface area contributed by atoms with Gasteiger partial charge in [-0.2, -0.15) is 0 Å². The highest BCUT2D eigenvalue weighted by Gasteiger charge is 1.79. The number of allylic oxidation sites excluding steroid dienone is 4. The quantitative estimate of drug-likeness (QED) is 0.546. The van der Waals surface area contributed by atoms with Crippen molar-refractivity contribution in [3.63, 3.8) is 0 Å². The molecular weight excluding hydrogens is 194 g/mol. The van der Waals surface area contributed by atoms with Gasteiger partial charge in [-0.3, -0.25) is 10.7 Å². The van der Waals surface area contributed by atoms with Gasteiger partial charge < -0.3 is 0 Å². The van der Waals surface area contributed by atoms with Crippen molar-refractivity contribution in [3.05, 3.63) is 35.0 Å². The van der Waals surface area contributed by atoms with E-state index in [0.717, 1.165) is 10.1 Å². The fourth-order valence-electron chi connectivity index (χ4n) is 0.372. The summed E-state index contributed by atoms with van der Waals surface area (Å²) in [6, 6.07) is 0. The number of hydrogen-bond acceptors (Lipinski definition) is 2. The number of hydrogen-bond donors (Lipinski definition) is 2. The highest BCUT2D eigenvalue weighted by molar-refractivity contribution is 9.11. The normalized spacial score (nSPS) is 12.1. The first-order valence-corrected chi connectivity index (χ1v) is 3.55. The number of hydroxylamine groups is 1. The van der Waals surface area contributed by atoms with Crippen LogP contribution < -0.4 is 5.48 Å². The van der Waals surface area contributed by atoms with Gasteiger partial charge in [-0.05, 0) is 18.6 Å². The molecule has 0 spiro atoms. The fraction of sp³-hybridized carbons (Fsp3) is 0.143. The van der Waals surface area contributed by atoms with Crippen molar-refractivity contribution >= 4 is 15.9 Å². The molecule has 3 heteroatoms. The minimum atomic E-state index is 0.804. The van der Waals surface area contributed by atoms with Crippen LogP contribution in [0.5, 0.6) is 0 Å². The summed E-state index contributed by atoms with van der Waals surface area (Å²) in [7, 11) is 0. The molecule has 2 nitrogen and oxygen atoms in total. The molecule has 0 aliphatic carbocycles. The molecular formula is C7H10BrNO. The molecule has 0 aromatic carbocycles. The van der Waals surface area contributed by atoms with Gasteiger partial charge in [0.25, 0.3) is 0 Å². The van der Waals surface area contributed by atoms with Crippen LogP contribution >= 0.6 is 15.9 Å². The molecule has 56 valence electrons. The Morgan fingerprint density at radius 1 is 1.60 bits per heavy atom. The molecule has 0 saturated heterocycles. The summed E-state index contributed by atoms with van der Waals surface area (Å²) in [4.78, 5) is 0. The molecule has 0 saturated carbocycles. The Kier molecular flexibility index (Phi) is 4.98. The predicted molar refractivity (Wildman–Crippen MR) is 45.9 cm³/mol. The van der Waals surface area contributed by atoms with Crippen LogP contribution in [0.25, 0.3) is 0 Å². The van der Waals surface area contributed by atoms with E-state index >= 15 is 0 Å². The van der Waals surface area contributed by atoms with Gasteiger partial charge in [0.2, 0.25) is 0 Å². The second-order valence-corrected chi connectivity index (χ2v) is 2.82. The molecule has 0 rings (SSSR count). The molecule has 0 unspecified atom stereocenters. The summed E-state index contributed by atoms with van der Waals surface area (Å²) >= 11 is 3.16. The summed E-state index contributed by atoms with van der Waals surface area (Å²) in [5, 5.41) is 8.21. The molecule has 10 heavy (non-hydrogen) atoms. The highest BCUT2D eigenvalue weighted by Crippen LogP contribution is 2.04. The smallest absolute Gasteiger partial charge is 0.0269 e. The van der Waals surface area contributed by atoms with Crippen molar-refractivity contribution in [3.8, 4) is 0 Å². The van der Waals surface area contributed by atoms with Gasteiger partial charge in [0.05, 0.1) is 0 Å². The van der Waals surface area contributed by atoms with E-state index in [9.17, 15) is 0 Å². The van der Waals surface area contributed by atoms with Gasteiger partial charge in [-0.1, -0.05) is 28.6 Å². The van der Waals surface area contributed by atoms with Crippen LogP contribution in [0, 0.1) is 0 Å². The second kappa shape index (κ2) is 5.26. The Bertz CT molecular complexity index is 172. The van der Waals surface area contributed by atoms with Crippen LogP contribution in [0.1, 0.15) is 6.92 Å². The van der Waals surface area contributed by atoms with E-state index < -0.39 is 0 Å². The van der Waals surface area contributed by atoms with Gasteiger partial charge in [0.15, 0.2) is 0 Å². The highest BCUT2D eigenvalue weighted by atomic mass is 79.9. The number of rotatable bonds is 3. The Morgan fingerprint density at radius 3 is 2.60 bits per heavy atom. The molecule has 0 aliphatic rings. The Balaban J connectivity index is 3.89. The van der Waals surface area contributed by atoms with E-state index in [2.05, 4.69) is 22.5 Å². The largest absolute Gasteiger partial charge is 0.292 e. The maximum atomic E-state index is 8.21. The van der Waals surface area contributed by atoms with Crippen LogP contribution in [0.15, 0.2) is 35.0 Å². The molecule has 0 amide bonds. The average Bonchev–Trinajstić information content (AvgIpc) is 1.85. The topological polar surface area (TPSA) is 32.3 Å². The predicted octanol–water partition coefficient (Wildman–Crippen LogP) is 2.33. The van der Waals surface area contributed by atoms with E-state index in [0.29, 0.717) is 0 Å². The lowest BCUT2D eigenvalue weighted by Gasteiger charge is -1.89. The Labute approximate surface area is 69.0 Å². The molecule has 0 aliphatic heterocycles. The van der Waals surface area contributed by atoms with E-state index in [1.165, 1.54) is 6.20 Å². The fourth-order valence-corrected chi connectivity index (χ4v) is 0.504. The third-order valence-electron chi connectivity index (χ3n) is 0.819. The number of halogens is 1. The zero-order chi connectivity index (χ0) is 7.98. The molecule has 0 aromatic heterocycles. The minimum absolute atomic E-state index is 0.804. The lowest BCUT2D eigenvalue weighted by Crippen LogP contribution is -1.94. The minimum Gasteiger partial charge on any atom is -0.292 e. The summed E-state index contributed by atoms with van der Waals surface area (Å²) in [5.74, 6) is 0. The molecule has 0 bridgehead atoms. The van der Waals surface area contributed by atoms with Gasteiger partial charge >= 0.3 is 0 Å². The molecule has 0 atom stereocenters. The first-order valence-electron chi connectivity index (χ1n) is 2.75. The van der Waals surface area contributed by atoms with Crippen molar-refractivity contribution in [1.29, 1.82) is 0 Å². The van der Waals surface area contributed by atoms with Crippen LogP contribution in [0.3, 0.4) is 0 Å². The third kappa shape index (κ3) is 5.59. The van der Waals surface area contributed by atoms with Gasteiger partial charge in [-0.25, -0.2) is 0 Å². The zero-order valence-electron chi connectivity index (χ0n) is 5.76. The van der Waals surface area contributed by atoms with Gasteiger partial charge in [0, 0.05) is 10.7 Å². The monoisotopic (exact) mass is 203 g/mol. The maximum absolute atomic E-state index is 8.21. The first-order chi connectivity index (χ1) is 4.66. The SMILES string of the molecule is C=C(Br)C=CC(C)=CNO. The van der Waals surface area contributed by atoms with Crippen LogP contribution in [-0.4, -0.2) is 5.21 Å². The van der Waals surface area contributed by atoms with Crippen LogP contribution in [-0.2, 0) is 0 Å². The lowest BCUT2D eigenvalue weighted by atomic mass is 10.3. The summed E-state index contributed by atoms with van der Waals surface area (Å²) < 4.78 is 0.804. The van der Waals surface area contributed by atoms with Crippen LogP contribution in [0.2, 0.25) is 0 Å². The standard InChI is InChI=1S/C7H10BrNO/c1-6(5-9-10)3-4-7(2)8/h3-5,9-10H,2H2,1H3. The van der Waals surface area contributed by atoms with Crippen molar-refractivity contribution in [2.45, 2.75) is 6.92 Å². The van der Waals surface area contributed by atoms with Crippen molar-refractivity contribution in [1.82, 2.24) is 5.48 Å². The van der Waals surface area contributed by atoms with E-state index in [-0.39, 0.29) is 0 Å². The first kappa shape index (κ1) is 9.46. The molecule has 0 radical (unpaired) electrons. The summed E-state index contributed by atoms with van der Waals surface area (Å²) in [5.41, 5.74) is 2.85. The summed E-state index contributed by atoms with van der Waals surface area (Å²) in [6.07, 6.45) is 5.09. The van der Waals surface area contributed by atoms with Gasteiger partial charge in [0.1, 0.15) is 0 Å². The Hall–Kier alpha value is -0.540. The maximum Gasteiger partial charge on any atom is 0.0269 e. The van der Waals surface area contributed by atoms with Crippen LogP contribution in [0.4, 0.5) is 0 Å². The lowest BCUT2D eigenvalue weighted by molar-refractivity contribution is 0.213. The Morgan fingerprint density at radius 2 is 2.20 bits per heavy atom. The van der Waals surface area contributed by atoms with E-state index in [1.807, 2.05) is 18.5 Å². The average molecular weight is 204 g/mol. The van der Waals surface area contributed by atoms with E-state index in [1.54, 1.807) is 6.08 Å². The van der Waals surface area contributed by atoms with Crippen molar-refractivity contribution < 1.29 is 5.21 Å².